The van der Waals surface area contributed by atoms with E-state index >= 15 is 0 Å². The van der Waals surface area contributed by atoms with Crippen LogP contribution >= 0.6 is 0 Å². The lowest BCUT2D eigenvalue weighted by Gasteiger charge is -2.39. The van der Waals surface area contributed by atoms with E-state index in [4.69, 9.17) is 0 Å². The first-order valence-electron chi connectivity index (χ1n) is 15.0. The number of benzene rings is 5. The standard InChI is InChI=1S/C40H36N2/c1-6-29-15-19-31(20-16-29)41-37-13-9-7-11-33(37)27(4)35-25-40-36(24-39(35)41)28(5)34-12-8-10-14-38(34)42(40)32-21-17-30(18-22-32)23-26(2)3/h7-22,24-26H,4-6,23H2,1-3H3. The van der Waals surface area contributed by atoms with Crippen LogP contribution in [0.4, 0.5) is 34.1 Å². The number of para-hydroxylation sites is 2. The number of hydrogen-bond donors (Lipinski definition) is 0. The van der Waals surface area contributed by atoms with Gasteiger partial charge in [0.1, 0.15) is 0 Å². The summed E-state index contributed by atoms with van der Waals surface area (Å²) in [7, 11) is 0. The molecule has 0 fully saturated rings. The summed E-state index contributed by atoms with van der Waals surface area (Å²) in [5.41, 5.74) is 16.2. The van der Waals surface area contributed by atoms with Crippen LogP contribution in [-0.2, 0) is 12.8 Å². The predicted molar refractivity (Wildman–Crippen MR) is 180 cm³/mol. The molecule has 0 amide bonds. The molecule has 42 heavy (non-hydrogen) atoms. The van der Waals surface area contributed by atoms with Crippen molar-refractivity contribution in [1.29, 1.82) is 0 Å². The van der Waals surface area contributed by atoms with Gasteiger partial charge in [-0.1, -0.05) is 94.6 Å². The highest BCUT2D eigenvalue weighted by Crippen LogP contribution is 2.55. The maximum atomic E-state index is 4.64. The minimum Gasteiger partial charge on any atom is -0.309 e. The summed E-state index contributed by atoms with van der Waals surface area (Å²) in [6.07, 6.45) is 2.09. The molecule has 2 heterocycles. The van der Waals surface area contributed by atoms with Gasteiger partial charge in [-0.25, -0.2) is 0 Å². The molecule has 0 saturated heterocycles. The number of rotatable bonds is 5. The number of hydrogen-bond acceptors (Lipinski definition) is 2. The molecule has 2 nitrogen and oxygen atoms in total. The van der Waals surface area contributed by atoms with Crippen LogP contribution in [0.1, 0.15) is 54.2 Å². The summed E-state index contributed by atoms with van der Waals surface area (Å²) in [4.78, 5) is 4.78. The SMILES string of the molecule is C=C1c2ccccc2N(c2ccc(CC)cc2)c2cc3c(cc21)N(c1ccc(CC(C)C)cc1)c1ccccc1C3=C. The Morgan fingerprint density at radius 1 is 0.524 bits per heavy atom. The van der Waals surface area contributed by atoms with Crippen molar-refractivity contribution in [3.8, 4) is 0 Å². The van der Waals surface area contributed by atoms with Gasteiger partial charge in [0.05, 0.1) is 22.7 Å². The number of fused-ring (bicyclic) bond motifs is 4. The van der Waals surface area contributed by atoms with Crippen molar-refractivity contribution in [2.75, 3.05) is 9.80 Å². The van der Waals surface area contributed by atoms with Gasteiger partial charge in [0.2, 0.25) is 0 Å². The Morgan fingerprint density at radius 3 is 1.38 bits per heavy atom. The Kier molecular flexibility index (Phi) is 6.35. The van der Waals surface area contributed by atoms with Crippen LogP contribution in [0.3, 0.4) is 0 Å². The van der Waals surface area contributed by atoms with Crippen LogP contribution in [-0.4, -0.2) is 0 Å². The van der Waals surface area contributed by atoms with Gasteiger partial charge in [-0.05, 0) is 89.6 Å². The van der Waals surface area contributed by atoms with E-state index in [1.807, 2.05) is 0 Å². The van der Waals surface area contributed by atoms with Crippen LogP contribution in [0.5, 0.6) is 0 Å². The lowest BCUT2D eigenvalue weighted by molar-refractivity contribution is 0.647. The monoisotopic (exact) mass is 544 g/mol. The molecular formula is C40H36N2. The zero-order valence-electron chi connectivity index (χ0n) is 24.7. The van der Waals surface area contributed by atoms with Crippen LogP contribution in [0.2, 0.25) is 0 Å². The second-order valence-corrected chi connectivity index (χ2v) is 11.8. The van der Waals surface area contributed by atoms with Gasteiger partial charge < -0.3 is 9.80 Å². The Morgan fingerprint density at radius 2 is 0.952 bits per heavy atom. The fourth-order valence-electron chi connectivity index (χ4n) is 6.52. The van der Waals surface area contributed by atoms with E-state index in [0.29, 0.717) is 5.92 Å². The Balaban J connectivity index is 1.45. The normalized spacial score (nSPS) is 13.5. The molecule has 0 atom stereocenters. The molecule has 2 aliphatic rings. The van der Waals surface area contributed by atoms with E-state index in [2.05, 4.69) is 153 Å². The van der Waals surface area contributed by atoms with Crippen molar-refractivity contribution in [3.05, 3.63) is 156 Å². The Bertz CT molecular complexity index is 1840. The first-order chi connectivity index (χ1) is 20.4. The van der Waals surface area contributed by atoms with Gasteiger partial charge in [-0.3, -0.25) is 0 Å². The number of anilines is 6. The van der Waals surface area contributed by atoms with Crippen LogP contribution in [0.15, 0.2) is 122 Å². The fourth-order valence-corrected chi connectivity index (χ4v) is 6.52. The van der Waals surface area contributed by atoms with E-state index in [1.54, 1.807) is 0 Å². The molecule has 0 spiro atoms. The zero-order valence-corrected chi connectivity index (χ0v) is 24.7. The molecule has 0 unspecified atom stereocenters. The van der Waals surface area contributed by atoms with E-state index in [-0.39, 0.29) is 0 Å². The number of nitrogens with zero attached hydrogens (tertiary/aromatic N) is 2. The van der Waals surface area contributed by atoms with Gasteiger partial charge >= 0.3 is 0 Å². The van der Waals surface area contributed by atoms with Crippen molar-refractivity contribution < 1.29 is 0 Å². The highest BCUT2D eigenvalue weighted by Gasteiger charge is 2.33. The fraction of sp³-hybridized carbons (Fsp3) is 0.150. The molecule has 0 radical (unpaired) electrons. The molecule has 2 aliphatic heterocycles. The predicted octanol–water partition coefficient (Wildman–Crippen LogP) is 11.1. The summed E-state index contributed by atoms with van der Waals surface area (Å²) < 4.78 is 0. The molecular weight excluding hydrogens is 508 g/mol. The quantitative estimate of drug-likeness (QED) is 0.213. The summed E-state index contributed by atoms with van der Waals surface area (Å²) in [6, 6.07) is 39.9. The maximum Gasteiger partial charge on any atom is 0.0548 e. The second kappa shape index (κ2) is 10.2. The van der Waals surface area contributed by atoms with Crippen molar-refractivity contribution in [2.24, 2.45) is 5.92 Å². The van der Waals surface area contributed by atoms with Crippen LogP contribution in [0, 0.1) is 5.92 Å². The molecule has 0 saturated carbocycles. The first kappa shape index (κ1) is 26.1. The van der Waals surface area contributed by atoms with Gasteiger partial charge in [-0.2, -0.15) is 0 Å². The molecule has 5 aromatic carbocycles. The zero-order chi connectivity index (χ0) is 29.0. The molecule has 0 N–H and O–H groups in total. The molecule has 0 bridgehead atoms. The molecule has 0 aliphatic carbocycles. The van der Waals surface area contributed by atoms with Crippen molar-refractivity contribution >= 4 is 45.3 Å². The van der Waals surface area contributed by atoms with Crippen molar-refractivity contribution in [1.82, 2.24) is 0 Å². The lowest BCUT2D eigenvalue weighted by Crippen LogP contribution is -2.22. The Labute approximate surface area is 249 Å². The van der Waals surface area contributed by atoms with Crippen LogP contribution in [0.25, 0.3) is 11.1 Å². The third kappa shape index (κ3) is 4.18. The van der Waals surface area contributed by atoms with E-state index in [0.717, 1.165) is 80.4 Å². The van der Waals surface area contributed by atoms with E-state index < -0.39 is 0 Å². The van der Waals surface area contributed by atoms with Crippen molar-refractivity contribution in [2.45, 2.75) is 33.6 Å². The van der Waals surface area contributed by atoms with Crippen molar-refractivity contribution in [3.63, 3.8) is 0 Å². The minimum absolute atomic E-state index is 0.622. The smallest absolute Gasteiger partial charge is 0.0548 e. The van der Waals surface area contributed by atoms with Gasteiger partial charge in [-0.15, -0.1) is 0 Å². The van der Waals surface area contributed by atoms with Gasteiger partial charge in [0.25, 0.3) is 0 Å². The first-order valence-corrected chi connectivity index (χ1v) is 15.0. The summed E-state index contributed by atoms with van der Waals surface area (Å²) in [5.74, 6) is 0.622. The van der Waals surface area contributed by atoms with Crippen LogP contribution < -0.4 is 9.80 Å². The topological polar surface area (TPSA) is 6.48 Å². The number of aryl methyl sites for hydroxylation is 1. The average Bonchev–Trinajstić information content (AvgIpc) is 3.02. The minimum atomic E-state index is 0.622. The summed E-state index contributed by atoms with van der Waals surface area (Å²) in [5, 5.41) is 0. The molecule has 7 rings (SSSR count). The molecule has 5 aromatic rings. The maximum absolute atomic E-state index is 4.64. The Hall–Kier alpha value is -4.82. The van der Waals surface area contributed by atoms with E-state index in [9.17, 15) is 0 Å². The lowest BCUT2D eigenvalue weighted by atomic mass is 9.84. The average molecular weight is 545 g/mol. The van der Waals surface area contributed by atoms with E-state index in [1.165, 1.54) is 11.1 Å². The van der Waals surface area contributed by atoms with Gasteiger partial charge in [0.15, 0.2) is 0 Å². The molecule has 2 heteroatoms. The molecule has 206 valence electrons. The largest absolute Gasteiger partial charge is 0.309 e. The second-order valence-electron chi connectivity index (χ2n) is 11.8. The van der Waals surface area contributed by atoms with Gasteiger partial charge in [0, 0.05) is 33.6 Å². The highest BCUT2D eigenvalue weighted by molar-refractivity contribution is 6.07. The highest BCUT2D eigenvalue weighted by atomic mass is 15.2. The summed E-state index contributed by atoms with van der Waals surface area (Å²) >= 11 is 0. The summed E-state index contributed by atoms with van der Waals surface area (Å²) in [6.45, 7) is 16.0. The molecule has 0 aromatic heterocycles. The third-order valence-electron chi connectivity index (χ3n) is 8.63. The third-order valence-corrected chi connectivity index (χ3v) is 8.63.